The van der Waals surface area contributed by atoms with E-state index < -0.39 is 6.17 Å². The Hall–Kier alpha value is 0.110. The maximum absolute atomic E-state index is 12.7. The molecule has 1 rings (SSSR count). The van der Waals surface area contributed by atoms with E-state index in [4.69, 9.17) is 0 Å². The van der Waals surface area contributed by atoms with E-state index in [-0.39, 0.29) is 0 Å². The molecule has 0 saturated carbocycles. The fourth-order valence-electron chi connectivity index (χ4n) is 0.546. The summed E-state index contributed by atoms with van der Waals surface area (Å²) in [7, 11) is 0. The van der Waals surface area contributed by atoms with Crippen molar-refractivity contribution in [3.05, 3.63) is 22.4 Å². The Bertz CT molecular complexity index is 162. The first-order chi connectivity index (χ1) is 4.34. The molecule has 0 saturated heterocycles. The SMILES string of the molecule is FC(CBr)c1cccs1. The zero-order valence-electron chi connectivity index (χ0n) is 4.68. The van der Waals surface area contributed by atoms with Crippen LogP contribution in [0.5, 0.6) is 0 Å². The zero-order chi connectivity index (χ0) is 6.69. The maximum atomic E-state index is 12.7. The molecule has 0 N–H and O–H groups in total. The van der Waals surface area contributed by atoms with Gasteiger partial charge in [-0.15, -0.1) is 11.3 Å². The molecule has 0 aliphatic heterocycles. The van der Waals surface area contributed by atoms with Crippen molar-refractivity contribution in [3.63, 3.8) is 0 Å². The maximum Gasteiger partial charge on any atom is 0.144 e. The third kappa shape index (κ3) is 1.76. The second-order valence-electron chi connectivity index (χ2n) is 1.64. The molecule has 0 amide bonds. The van der Waals surface area contributed by atoms with Gasteiger partial charge in [-0.1, -0.05) is 22.0 Å². The van der Waals surface area contributed by atoms with E-state index >= 15 is 0 Å². The van der Waals surface area contributed by atoms with Crippen molar-refractivity contribution in [3.8, 4) is 0 Å². The van der Waals surface area contributed by atoms with Gasteiger partial charge in [-0.05, 0) is 11.4 Å². The minimum Gasteiger partial charge on any atom is -0.240 e. The monoisotopic (exact) mass is 208 g/mol. The Labute approximate surface area is 65.8 Å². The first-order valence-corrected chi connectivity index (χ1v) is 4.58. The highest BCUT2D eigenvalue weighted by Crippen LogP contribution is 2.23. The standard InChI is InChI=1S/C6H6BrFS/c7-4-5(8)6-2-1-3-9-6/h1-3,5H,4H2. The number of hydrogen-bond donors (Lipinski definition) is 0. The minimum absolute atomic E-state index is 0.396. The van der Waals surface area contributed by atoms with Crippen LogP contribution in [0.2, 0.25) is 0 Å². The van der Waals surface area contributed by atoms with E-state index in [1.807, 2.05) is 11.4 Å². The van der Waals surface area contributed by atoms with E-state index in [0.717, 1.165) is 4.88 Å². The van der Waals surface area contributed by atoms with Crippen LogP contribution in [0.1, 0.15) is 11.0 Å². The highest BCUT2D eigenvalue weighted by molar-refractivity contribution is 9.09. The van der Waals surface area contributed by atoms with Crippen molar-refractivity contribution in [2.45, 2.75) is 6.17 Å². The molecule has 1 aromatic rings. The van der Waals surface area contributed by atoms with Gasteiger partial charge in [0.15, 0.2) is 0 Å². The first kappa shape index (κ1) is 7.22. The molecule has 1 heterocycles. The molecule has 0 radical (unpaired) electrons. The smallest absolute Gasteiger partial charge is 0.144 e. The predicted octanol–water partition coefficient (Wildman–Crippen LogP) is 3.15. The lowest BCUT2D eigenvalue weighted by atomic mass is 10.3. The average molecular weight is 209 g/mol. The summed E-state index contributed by atoms with van der Waals surface area (Å²) in [4.78, 5) is 0.798. The molecule has 3 heteroatoms. The number of rotatable bonds is 2. The normalized spacial score (nSPS) is 13.6. The largest absolute Gasteiger partial charge is 0.240 e. The molecule has 0 aliphatic rings. The van der Waals surface area contributed by atoms with Crippen LogP contribution in [0.3, 0.4) is 0 Å². The van der Waals surface area contributed by atoms with E-state index in [9.17, 15) is 4.39 Å². The summed E-state index contributed by atoms with van der Waals surface area (Å²) < 4.78 is 12.7. The molecule has 1 aromatic heterocycles. The third-order valence-corrected chi connectivity index (χ3v) is 2.51. The van der Waals surface area contributed by atoms with Gasteiger partial charge in [-0.3, -0.25) is 0 Å². The summed E-state index contributed by atoms with van der Waals surface area (Å²) in [6, 6.07) is 3.66. The van der Waals surface area contributed by atoms with Crippen molar-refractivity contribution in [2.24, 2.45) is 0 Å². The number of halogens is 2. The van der Waals surface area contributed by atoms with Gasteiger partial charge in [0.2, 0.25) is 0 Å². The van der Waals surface area contributed by atoms with Gasteiger partial charge in [-0.25, -0.2) is 4.39 Å². The van der Waals surface area contributed by atoms with Crippen LogP contribution in [-0.2, 0) is 0 Å². The van der Waals surface area contributed by atoms with Crippen molar-refractivity contribution < 1.29 is 4.39 Å². The quantitative estimate of drug-likeness (QED) is 0.656. The molecule has 1 atom stereocenters. The fraction of sp³-hybridized carbons (Fsp3) is 0.333. The molecule has 50 valence electrons. The highest BCUT2D eigenvalue weighted by Gasteiger charge is 2.06. The molecule has 0 bridgehead atoms. The van der Waals surface area contributed by atoms with E-state index in [1.165, 1.54) is 11.3 Å². The summed E-state index contributed by atoms with van der Waals surface area (Å²) in [6.07, 6.45) is -0.829. The predicted molar refractivity (Wildman–Crippen MR) is 42.0 cm³/mol. The molecule has 0 aliphatic carbocycles. The van der Waals surface area contributed by atoms with Gasteiger partial charge in [-0.2, -0.15) is 0 Å². The molecule has 0 aromatic carbocycles. The van der Waals surface area contributed by atoms with Gasteiger partial charge in [0.1, 0.15) is 6.17 Å². The van der Waals surface area contributed by atoms with Crippen molar-refractivity contribution in [1.29, 1.82) is 0 Å². The Balaban J connectivity index is 2.65. The number of alkyl halides is 2. The lowest BCUT2D eigenvalue weighted by Gasteiger charge is -1.96. The van der Waals surface area contributed by atoms with E-state index in [2.05, 4.69) is 15.9 Å². The van der Waals surface area contributed by atoms with Gasteiger partial charge in [0, 0.05) is 10.2 Å². The van der Waals surface area contributed by atoms with Crippen molar-refractivity contribution in [2.75, 3.05) is 5.33 Å². The highest BCUT2D eigenvalue weighted by atomic mass is 79.9. The van der Waals surface area contributed by atoms with E-state index in [0.29, 0.717) is 5.33 Å². The Morgan fingerprint density at radius 1 is 1.78 bits per heavy atom. The summed E-state index contributed by atoms with van der Waals surface area (Å²) in [6.45, 7) is 0. The van der Waals surface area contributed by atoms with Crippen LogP contribution in [0.25, 0.3) is 0 Å². The Morgan fingerprint density at radius 3 is 3.00 bits per heavy atom. The number of thiophene rings is 1. The number of hydrogen-bond acceptors (Lipinski definition) is 1. The van der Waals surface area contributed by atoms with Gasteiger partial charge in [0.05, 0.1) is 0 Å². The van der Waals surface area contributed by atoms with E-state index in [1.54, 1.807) is 6.07 Å². The summed E-state index contributed by atoms with van der Waals surface area (Å²) in [5, 5.41) is 2.28. The summed E-state index contributed by atoms with van der Waals surface area (Å²) in [5.74, 6) is 0. The van der Waals surface area contributed by atoms with Gasteiger partial charge < -0.3 is 0 Å². The summed E-state index contributed by atoms with van der Waals surface area (Å²) >= 11 is 4.52. The van der Waals surface area contributed by atoms with Crippen LogP contribution < -0.4 is 0 Å². The molecule has 1 unspecified atom stereocenters. The molecule has 0 nitrogen and oxygen atoms in total. The minimum atomic E-state index is -0.829. The van der Waals surface area contributed by atoms with Crippen LogP contribution >= 0.6 is 27.3 Å². The van der Waals surface area contributed by atoms with Crippen molar-refractivity contribution >= 4 is 27.3 Å². The first-order valence-electron chi connectivity index (χ1n) is 2.58. The lowest BCUT2D eigenvalue weighted by Crippen LogP contribution is -1.86. The van der Waals surface area contributed by atoms with Crippen LogP contribution in [0.4, 0.5) is 4.39 Å². The third-order valence-electron chi connectivity index (χ3n) is 0.987. The second kappa shape index (κ2) is 3.32. The second-order valence-corrected chi connectivity index (χ2v) is 3.26. The zero-order valence-corrected chi connectivity index (χ0v) is 7.08. The Morgan fingerprint density at radius 2 is 2.56 bits per heavy atom. The van der Waals surface area contributed by atoms with Crippen LogP contribution in [-0.4, -0.2) is 5.33 Å². The van der Waals surface area contributed by atoms with Crippen LogP contribution in [0.15, 0.2) is 17.5 Å². The van der Waals surface area contributed by atoms with Crippen LogP contribution in [0, 0.1) is 0 Å². The molecule has 0 fully saturated rings. The molecule has 0 spiro atoms. The van der Waals surface area contributed by atoms with Gasteiger partial charge in [0.25, 0.3) is 0 Å². The fourth-order valence-corrected chi connectivity index (χ4v) is 1.81. The molecular formula is C6H6BrFS. The Kier molecular flexibility index (Phi) is 2.66. The summed E-state index contributed by atoms with van der Waals surface area (Å²) in [5.41, 5.74) is 0. The van der Waals surface area contributed by atoms with Gasteiger partial charge >= 0.3 is 0 Å². The van der Waals surface area contributed by atoms with Crippen molar-refractivity contribution in [1.82, 2.24) is 0 Å². The lowest BCUT2D eigenvalue weighted by molar-refractivity contribution is 0.389. The molecular weight excluding hydrogens is 203 g/mol. The molecule has 9 heavy (non-hydrogen) atoms. The topological polar surface area (TPSA) is 0 Å². The average Bonchev–Trinajstić information content (AvgIpc) is 2.37.